The molecule has 0 aliphatic rings. The van der Waals surface area contributed by atoms with Gasteiger partial charge in [-0.3, -0.25) is 4.98 Å². The molecule has 3 N–H and O–H groups in total. The van der Waals surface area contributed by atoms with E-state index in [1.807, 2.05) is 30.5 Å². The molecule has 0 saturated heterocycles. The van der Waals surface area contributed by atoms with Gasteiger partial charge in [0.1, 0.15) is 0 Å². The molecule has 108 valence electrons. The van der Waals surface area contributed by atoms with E-state index in [1.165, 1.54) is 5.56 Å². The highest BCUT2D eigenvalue weighted by Gasteiger charge is 2.07. The van der Waals surface area contributed by atoms with Gasteiger partial charge >= 0.3 is 5.69 Å². The molecule has 1 aromatic carbocycles. The summed E-state index contributed by atoms with van der Waals surface area (Å²) in [6, 6.07) is 10.2. The maximum atomic E-state index is 11.3. The molecular formula is C16H18N4O. The van der Waals surface area contributed by atoms with Crippen LogP contribution in [0.1, 0.15) is 24.1 Å². The molecule has 3 rings (SSSR count). The molecule has 0 aliphatic carbocycles. The van der Waals surface area contributed by atoms with Crippen LogP contribution in [0.15, 0.2) is 47.5 Å². The number of nitrogens with one attached hydrogen (secondary N) is 3. The predicted molar refractivity (Wildman–Crippen MR) is 83.3 cm³/mol. The van der Waals surface area contributed by atoms with Crippen molar-refractivity contribution in [1.29, 1.82) is 0 Å². The summed E-state index contributed by atoms with van der Waals surface area (Å²) in [4.78, 5) is 20.9. The first kappa shape index (κ1) is 13.6. The quantitative estimate of drug-likeness (QED) is 0.671. The minimum absolute atomic E-state index is 0.167. The number of imidazole rings is 1. The van der Waals surface area contributed by atoms with Gasteiger partial charge in [0.2, 0.25) is 0 Å². The van der Waals surface area contributed by atoms with Gasteiger partial charge in [-0.05, 0) is 49.2 Å². The lowest BCUT2D eigenvalue weighted by atomic mass is 10.1. The highest BCUT2D eigenvalue weighted by atomic mass is 16.1. The zero-order valence-corrected chi connectivity index (χ0v) is 11.9. The second-order valence-electron chi connectivity index (χ2n) is 5.17. The van der Waals surface area contributed by atoms with Crippen LogP contribution in [0.3, 0.4) is 0 Å². The summed E-state index contributed by atoms with van der Waals surface area (Å²) in [6.45, 7) is 3.00. The Kier molecular flexibility index (Phi) is 3.83. The van der Waals surface area contributed by atoms with E-state index in [1.54, 1.807) is 6.20 Å². The van der Waals surface area contributed by atoms with Crippen LogP contribution in [0.25, 0.3) is 11.0 Å². The minimum atomic E-state index is -0.167. The van der Waals surface area contributed by atoms with Gasteiger partial charge in [-0.1, -0.05) is 12.1 Å². The fourth-order valence-corrected chi connectivity index (χ4v) is 2.42. The van der Waals surface area contributed by atoms with Crippen LogP contribution >= 0.6 is 0 Å². The third kappa shape index (κ3) is 3.20. The highest BCUT2D eigenvalue weighted by molar-refractivity contribution is 5.75. The number of aromatic nitrogens is 3. The van der Waals surface area contributed by atoms with Crippen LogP contribution in [0, 0.1) is 0 Å². The van der Waals surface area contributed by atoms with Gasteiger partial charge in [-0.2, -0.15) is 0 Å². The standard InChI is InChI=1S/C16H18N4O/c1-11(18-8-6-12-3-2-7-17-10-12)13-4-5-14-15(9-13)20-16(21)19-14/h2-5,7,9-11,18H,6,8H2,1H3,(H2,19,20,21). The first-order chi connectivity index (χ1) is 10.2. The summed E-state index contributed by atoms with van der Waals surface area (Å²) in [5.74, 6) is 0. The van der Waals surface area contributed by atoms with Gasteiger partial charge in [0, 0.05) is 18.4 Å². The molecule has 0 amide bonds. The van der Waals surface area contributed by atoms with Gasteiger partial charge in [-0.15, -0.1) is 0 Å². The Morgan fingerprint density at radius 3 is 2.90 bits per heavy atom. The summed E-state index contributed by atoms with van der Waals surface area (Å²) in [7, 11) is 0. The number of benzene rings is 1. The Hall–Kier alpha value is -2.40. The molecule has 2 heterocycles. The van der Waals surface area contributed by atoms with Crippen molar-refractivity contribution in [3.05, 3.63) is 64.3 Å². The molecule has 3 aromatic rings. The van der Waals surface area contributed by atoms with E-state index in [0.717, 1.165) is 29.6 Å². The van der Waals surface area contributed by atoms with E-state index in [0.29, 0.717) is 0 Å². The number of H-pyrrole nitrogens is 2. The Morgan fingerprint density at radius 2 is 2.10 bits per heavy atom. The van der Waals surface area contributed by atoms with Crippen molar-refractivity contribution in [3.8, 4) is 0 Å². The summed E-state index contributed by atoms with van der Waals surface area (Å²) in [6.07, 6.45) is 4.62. The SMILES string of the molecule is CC(NCCc1cccnc1)c1ccc2[nH]c(=O)[nH]c2c1. The topological polar surface area (TPSA) is 73.6 Å². The molecule has 5 heteroatoms. The molecule has 1 atom stereocenters. The number of fused-ring (bicyclic) bond motifs is 1. The fourth-order valence-electron chi connectivity index (χ4n) is 2.42. The smallest absolute Gasteiger partial charge is 0.310 e. The molecule has 0 bridgehead atoms. The van der Waals surface area contributed by atoms with Crippen LogP contribution in [0.2, 0.25) is 0 Å². The third-order valence-electron chi connectivity index (χ3n) is 3.63. The van der Waals surface area contributed by atoms with Crippen molar-refractivity contribution in [2.75, 3.05) is 6.54 Å². The van der Waals surface area contributed by atoms with Crippen molar-refractivity contribution in [3.63, 3.8) is 0 Å². The minimum Gasteiger partial charge on any atom is -0.310 e. The summed E-state index contributed by atoms with van der Waals surface area (Å²) in [5.41, 5.74) is 3.90. The molecular weight excluding hydrogens is 264 g/mol. The molecule has 2 aromatic heterocycles. The Labute approximate surface area is 122 Å². The second-order valence-corrected chi connectivity index (χ2v) is 5.17. The second kappa shape index (κ2) is 5.93. The van der Waals surface area contributed by atoms with E-state index < -0.39 is 0 Å². The van der Waals surface area contributed by atoms with Crippen LogP contribution in [0.4, 0.5) is 0 Å². The van der Waals surface area contributed by atoms with Gasteiger partial charge in [-0.25, -0.2) is 4.79 Å². The van der Waals surface area contributed by atoms with Gasteiger partial charge in [0.15, 0.2) is 0 Å². The molecule has 0 spiro atoms. The molecule has 0 saturated carbocycles. The zero-order valence-electron chi connectivity index (χ0n) is 11.9. The summed E-state index contributed by atoms with van der Waals surface area (Å²) < 4.78 is 0. The van der Waals surface area contributed by atoms with E-state index in [2.05, 4.69) is 33.3 Å². The van der Waals surface area contributed by atoms with Crippen LogP contribution in [-0.4, -0.2) is 21.5 Å². The molecule has 0 aliphatic heterocycles. The lowest BCUT2D eigenvalue weighted by molar-refractivity contribution is 0.577. The van der Waals surface area contributed by atoms with E-state index in [-0.39, 0.29) is 11.7 Å². The van der Waals surface area contributed by atoms with Crippen LogP contribution in [-0.2, 0) is 6.42 Å². The number of nitrogens with zero attached hydrogens (tertiary/aromatic N) is 1. The van der Waals surface area contributed by atoms with Gasteiger partial charge in [0.05, 0.1) is 11.0 Å². The first-order valence-electron chi connectivity index (χ1n) is 7.06. The van der Waals surface area contributed by atoms with E-state index in [9.17, 15) is 4.79 Å². The van der Waals surface area contributed by atoms with E-state index >= 15 is 0 Å². The number of hydrogen-bond acceptors (Lipinski definition) is 3. The zero-order chi connectivity index (χ0) is 14.7. The van der Waals surface area contributed by atoms with Crippen molar-refractivity contribution in [2.45, 2.75) is 19.4 Å². The highest BCUT2D eigenvalue weighted by Crippen LogP contribution is 2.16. The number of hydrogen-bond donors (Lipinski definition) is 3. The van der Waals surface area contributed by atoms with Crippen molar-refractivity contribution >= 4 is 11.0 Å². The molecule has 1 unspecified atom stereocenters. The number of aromatic amines is 2. The van der Waals surface area contributed by atoms with Crippen molar-refractivity contribution in [2.24, 2.45) is 0 Å². The normalized spacial score (nSPS) is 12.6. The van der Waals surface area contributed by atoms with E-state index in [4.69, 9.17) is 0 Å². The van der Waals surface area contributed by atoms with Crippen LogP contribution in [0.5, 0.6) is 0 Å². The molecule has 0 fully saturated rings. The largest absolute Gasteiger partial charge is 0.323 e. The lowest BCUT2D eigenvalue weighted by Crippen LogP contribution is -2.21. The van der Waals surface area contributed by atoms with Crippen LogP contribution < -0.4 is 11.0 Å². The number of rotatable bonds is 5. The Balaban J connectivity index is 1.63. The van der Waals surface area contributed by atoms with Gasteiger partial charge < -0.3 is 15.3 Å². The first-order valence-corrected chi connectivity index (χ1v) is 7.06. The summed E-state index contributed by atoms with van der Waals surface area (Å²) in [5, 5.41) is 3.49. The third-order valence-corrected chi connectivity index (χ3v) is 3.63. The maximum Gasteiger partial charge on any atom is 0.323 e. The average Bonchev–Trinajstić information content (AvgIpc) is 2.87. The molecule has 21 heavy (non-hydrogen) atoms. The fraction of sp³-hybridized carbons (Fsp3) is 0.250. The van der Waals surface area contributed by atoms with Gasteiger partial charge in [0.25, 0.3) is 0 Å². The summed E-state index contributed by atoms with van der Waals surface area (Å²) >= 11 is 0. The monoisotopic (exact) mass is 282 g/mol. The Bertz CT molecular complexity index is 776. The van der Waals surface area contributed by atoms with Crippen molar-refractivity contribution < 1.29 is 0 Å². The predicted octanol–water partition coefficient (Wildman–Crippen LogP) is 2.14. The molecule has 5 nitrogen and oxygen atoms in total. The Morgan fingerprint density at radius 1 is 1.24 bits per heavy atom. The lowest BCUT2D eigenvalue weighted by Gasteiger charge is -2.14. The van der Waals surface area contributed by atoms with Crippen molar-refractivity contribution in [1.82, 2.24) is 20.3 Å². The maximum absolute atomic E-state index is 11.3. The number of pyridine rings is 1. The molecule has 0 radical (unpaired) electrons. The average molecular weight is 282 g/mol.